The van der Waals surface area contributed by atoms with Crippen molar-refractivity contribution in [2.75, 3.05) is 5.73 Å². The van der Waals surface area contributed by atoms with Crippen molar-refractivity contribution in [2.45, 2.75) is 6.92 Å². The third kappa shape index (κ3) is 3.16. The first-order chi connectivity index (χ1) is 12.3. The molecule has 0 atom stereocenters. The number of hydrogen-bond acceptors (Lipinski definition) is 5. The zero-order valence-electron chi connectivity index (χ0n) is 13.6. The monoisotopic (exact) mass is 356 g/mol. The number of phenolic OH excluding ortho intramolecular Hbond substituents is 1. The molecule has 0 aliphatic rings. The van der Waals surface area contributed by atoms with Crippen LogP contribution in [0.15, 0.2) is 36.4 Å². The van der Waals surface area contributed by atoms with Gasteiger partial charge in [-0.15, -0.1) is 0 Å². The Morgan fingerprint density at radius 3 is 2.35 bits per heavy atom. The van der Waals surface area contributed by atoms with Gasteiger partial charge in [0.2, 0.25) is 0 Å². The van der Waals surface area contributed by atoms with Crippen LogP contribution in [0, 0.1) is 18.6 Å². The Morgan fingerprint density at radius 1 is 1.08 bits per heavy atom. The van der Waals surface area contributed by atoms with Crippen LogP contribution in [0.5, 0.6) is 5.75 Å². The largest absolute Gasteiger partial charge is 0.508 e. The number of aromatic hydroxyl groups is 1. The molecule has 0 fully saturated rings. The third-order valence-electron chi connectivity index (χ3n) is 3.78. The summed E-state index contributed by atoms with van der Waals surface area (Å²) in [5, 5.41) is 9.75. The van der Waals surface area contributed by atoms with E-state index < -0.39 is 17.5 Å². The zero-order chi connectivity index (χ0) is 19.0. The standard InChI is InChI=1S/C18H14F2N4O2/c1-8-2-3-12(25)7-13(8)15-14(21)16(17(22)26)24-18(23-15)9-4-10(19)6-11(20)5-9/h2-7,25H,21H2,1H3,(H2,22,26). The molecule has 0 unspecified atom stereocenters. The number of nitrogens with zero attached hydrogens (tertiary/aromatic N) is 2. The van der Waals surface area contributed by atoms with E-state index >= 15 is 0 Å². The summed E-state index contributed by atoms with van der Waals surface area (Å²) >= 11 is 0. The van der Waals surface area contributed by atoms with Crippen molar-refractivity contribution in [1.29, 1.82) is 0 Å². The van der Waals surface area contributed by atoms with E-state index in [0.717, 1.165) is 12.1 Å². The summed E-state index contributed by atoms with van der Waals surface area (Å²) < 4.78 is 27.1. The predicted octanol–water partition coefficient (Wildman–Crippen LogP) is 2.78. The van der Waals surface area contributed by atoms with Gasteiger partial charge in [0, 0.05) is 17.2 Å². The number of nitrogen functional groups attached to an aromatic ring is 1. The fourth-order valence-electron chi connectivity index (χ4n) is 2.54. The minimum absolute atomic E-state index is 0.0176. The first-order valence-electron chi connectivity index (χ1n) is 7.50. The number of primary amides is 1. The lowest BCUT2D eigenvalue weighted by Crippen LogP contribution is -2.18. The molecule has 3 aromatic rings. The summed E-state index contributed by atoms with van der Waals surface area (Å²) in [6.45, 7) is 1.75. The van der Waals surface area contributed by atoms with Crippen LogP contribution in [0.1, 0.15) is 16.1 Å². The number of rotatable bonds is 3. The summed E-state index contributed by atoms with van der Waals surface area (Å²) in [7, 11) is 0. The maximum absolute atomic E-state index is 13.5. The van der Waals surface area contributed by atoms with Gasteiger partial charge in [0.25, 0.3) is 5.91 Å². The highest BCUT2D eigenvalue weighted by molar-refractivity contribution is 5.99. The molecule has 5 N–H and O–H groups in total. The van der Waals surface area contributed by atoms with Crippen molar-refractivity contribution in [3.63, 3.8) is 0 Å². The maximum atomic E-state index is 13.5. The third-order valence-corrected chi connectivity index (χ3v) is 3.78. The molecule has 0 bridgehead atoms. The van der Waals surface area contributed by atoms with Gasteiger partial charge in [-0.05, 0) is 36.8 Å². The number of halogens is 2. The van der Waals surface area contributed by atoms with Crippen LogP contribution in [0.25, 0.3) is 22.6 Å². The summed E-state index contributed by atoms with van der Waals surface area (Å²) in [6, 6.07) is 7.29. The van der Waals surface area contributed by atoms with E-state index in [-0.39, 0.29) is 34.2 Å². The second kappa shape index (κ2) is 6.40. The molecule has 0 saturated carbocycles. The number of benzene rings is 2. The molecule has 1 heterocycles. The van der Waals surface area contributed by atoms with Gasteiger partial charge >= 0.3 is 0 Å². The average Bonchev–Trinajstić information content (AvgIpc) is 2.56. The molecule has 6 nitrogen and oxygen atoms in total. The van der Waals surface area contributed by atoms with Crippen molar-refractivity contribution < 1.29 is 18.7 Å². The van der Waals surface area contributed by atoms with E-state index in [1.807, 2.05) is 0 Å². The van der Waals surface area contributed by atoms with Crippen LogP contribution in [-0.4, -0.2) is 21.0 Å². The molecule has 2 aromatic carbocycles. The Bertz CT molecular complexity index is 1020. The van der Waals surface area contributed by atoms with E-state index in [4.69, 9.17) is 11.5 Å². The van der Waals surface area contributed by atoms with Crippen molar-refractivity contribution in [3.05, 3.63) is 59.3 Å². The lowest BCUT2D eigenvalue weighted by Gasteiger charge is -2.13. The van der Waals surface area contributed by atoms with Crippen molar-refractivity contribution in [3.8, 4) is 28.4 Å². The van der Waals surface area contributed by atoms with Crippen LogP contribution >= 0.6 is 0 Å². The van der Waals surface area contributed by atoms with Gasteiger partial charge in [-0.1, -0.05) is 6.07 Å². The molecule has 26 heavy (non-hydrogen) atoms. The highest BCUT2D eigenvalue weighted by atomic mass is 19.1. The molecule has 0 saturated heterocycles. The molecule has 1 aromatic heterocycles. The molecule has 8 heteroatoms. The minimum Gasteiger partial charge on any atom is -0.508 e. The van der Waals surface area contributed by atoms with Crippen LogP contribution in [0.2, 0.25) is 0 Å². The average molecular weight is 356 g/mol. The van der Waals surface area contributed by atoms with Crippen molar-refractivity contribution in [1.82, 2.24) is 9.97 Å². The second-order valence-corrected chi connectivity index (χ2v) is 5.68. The lowest BCUT2D eigenvalue weighted by atomic mass is 10.0. The van der Waals surface area contributed by atoms with E-state index in [2.05, 4.69) is 9.97 Å². The number of carbonyl (C=O) groups is 1. The Kier molecular flexibility index (Phi) is 4.25. The predicted molar refractivity (Wildman–Crippen MR) is 92.2 cm³/mol. The number of hydrogen-bond donors (Lipinski definition) is 3. The Balaban J connectivity index is 2.33. The zero-order valence-corrected chi connectivity index (χ0v) is 13.6. The quantitative estimate of drug-likeness (QED) is 0.667. The molecular formula is C18H14F2N4O2. The van der Waals surface area contributed by atoms with Crippen LogP contribution in [0.4, 0.5) is 14.5 Å². The Labute approximate surface area is 147 Å². The highest BCUT2D eigenvalue weighted by Gasteiger charge is 2.20. The van der Waals surface area contributed by atoms with Crippen LogP contribution in [-0.2, 0) is 0 Å². The number of nitrogens with two attached hydrogens (primary N) is 2. The van der Waals surface area contributed by atoms with E-state index in [1.165, 1.54) is 12.1 Å². The molecule has 0 spiro atoms. The van der Waals surface area contributed by atoms with Crippen molar-refractivity contribution in [2.24, 2.45) is 5.73 Å². The molecule has 1 amide bonds. The normalized spacial score (nSPS) is 10.7. The van der Waals surface area contributed by atoms with Gasteiger partial charge in [-0.2, -0.15) is 0 Å². The summed E-state index contributed by atoms with van der Waals surface area (Å²) in [5.41, 5.74) is 12.2. The molecular weight excluding hydrogens is 342 g/mol. The number of anilines is 1. The van der Waals surface area contributed by atoms with Gasteiger partial charge in [0.1, 0.15) is 17.4 Å². The molecule has 0 aliphatic heterocycles. The van der Waals surface area contributed by atoms with Gasteiger partial charge < -0.3 is 16.6 Å². The Hall–Kier alpha value is -3.55. The van der Waals surface area contributed by atoms with Crippen LogP contribution < -0.4 is 11.5 Å². The highest BCUT2D eigenvalue weighted by Crippen LogP contribution is 2.33. The molecule has 0 radical (unpaired) electrons. The van der Waals surface area contributed by atoms with E-state index in [9.17, 15) is 18.7 Å². The number of amides is 1. The SMILES string of the molecule is Cc1ccc(O)cc1-c1nc(-c2cc(F)cc(F)c2)nc(C(N)=O)c1N. The number of aryl methyl sites for hydroxylation is 1. The number of phenols is 1. The second-order valence-electron chi connectivity index (χ2n) is 5.68. The van der Waals surface area contributed by atoms with Gasteiger partial charge in [-0.25, -0.2) is 18.7 Å². The fourth-order valence-corrected chi connectivity index (χ4v) is 2.54. The topological polar surface area (TPSA) is 115 Å². The lowest BCUT2D eigenvalue weighted by molar-refractivity contribution is 0.0996. The van der Waals surface area contributed by atoms with Gasteiger partial charge in [0.15, 0.2) is 11.5 Å². The maximum Gasteiger partial charge on any atom is 0.269 e. The van der Waals surface area contributed by atoms with E-state index in [0.29, 0.717) is 17.2 Å². The summed E-state index contributed by atoms with van der Waals surface area (Å²) in [6.07, 6.45) is 0. The molecule has 0 aliphatic carbocycles. The summed E-state index contributed by atoms with van der Waals surface area (Å²) in [4.78, 5) is 19.9. The van der Waals surface area contributed by atoms with Gasteiger partial charge in [-0.3, -0.25) is 4.79 Å². The van der Waals surface area contributed by atoms with Gasteiger partial charge in [0.05, 0.1) is 11.4 Å². The molecule has 132 valence electrons. The summed E-state index contributed by atoms with van der Waals surface area (Å²) in [5.74, 6) is -2.72. The fraction of sp³-hybridized carbons (Fsp3) is 0.0556. The smallest absolute Gasteiger partial charge is 0.269 e. The molecule has 3 rings (SSSR count). The first kappa shape index (κ1) is 17.3. The first-order valence-corrected chi connectivity index (χ1v) is 7.50. The number of carbonyl (C=O) groups excluding carboxylic acids is 1. The number of aromatic nitrogens is 2. The van der Waals surface area contributed by atoms with E-state index in [1.54, 1.807) is 13.0 Å². The van der Waals surface area contributed by atoms with Crippen molar-refractivity contribution >= 4 is 11.6 Å². The Morgan fingerprint density at radius 2 is 1.73 bits per heavy atom. The van der Waals surface area contributed by atoms with Crippen LogP contribution in [0.3, 0.4) is 0 Å². The minimum atomic E-state index is -0.915.